The molecule has 0 amide bonds. The summed E-state index contributed by atoms with van der Waals surface area (Å²) < 4.78 is 17.5. The van der Waals surface area contributed by atoms with Crippen LogP contribution >= 0.6 is 0 Å². The number of furan rings is 1. The van der Waals surface area contributed by atoms with E-state index in [4.69, 9.17) is 28.8 Å². The highest BCUT2D eigenvalue weighted by molar-refractivity contribution is 6.24. The van der Waals surface area contributed by atoms with E-state index in [-0.39, 0.29) is 0 Å². The highest BCUT2D eigenvalue weighted by Crippen LogP contribution is 2.43. The Balaban J connectivity index is 1.12. The zero-order valence-electron chi connectivity index (χ0n) is 31.8. The predicted octanol–water partition coefficient (Wildman–Crippen LogP) is 13.1. The second kappa shape index (κ2) is 12.6. The van der Waals surface area contributed by atoms with Gasteiger partial charge in [-0.25, -0.2) is 9.97 Å². The maximum atomic E-state index is 6.86. The molecule has 13 rings (SSSR count). The number of benzene rings is 8. The summed E-state index contributed by atoms with van der Waals surface area (Å²) in [6.07, 6.45) is 0. The average molecular weight is 771 g/mol. The van der Waals surface area contributed by atoms with E-state index in [9.17, 15) is 0 Å². The number of oxazole rings is 1. The van der Waals surface area contributed by atoms with Crippen LogP contribution in [-0.2, 0) is 0 Å². The Labute approximate surface area is 341 Å². The molecule has 60 heavy (non-hydrogen) atoms. The molecule has 0 aliphatic rings. The van der Waals surface area contributed by atoms with E-state index in [1.807, 2.05) is 97.1 Å². The second-order valence-corrected chi connectivity index (χ2v) is 15.0. The molecule has 8 aromatic carbocycles. The van der Waals surface area contributed by atoms with E-state index in [0.29, 0.717) is 29.1 Å². The molecule has 0 aliphatic heterocycles. The summed E-state index contributed by atoms with van der Waals surface area (Å²) in [6.45, 7) is 0. The van der Waals surface area contributed by atoms with Crippen LogP contribution in [0.3, 0.4) is 0 Å². The Hall–Kier alpha value is -8.36. The average Bonchev–Trinajstić information content (AvgIpc) is 4.09. The van der Waals surface area contributed by atoms with Crippen LogP contribution in [0.2, 0.25) is 0 Å². The lowest BCUT2D eigenvalue weighted by Crippen LogP contribution is -2.07. The third-order valence-electron chi connectivity index (χ3n) is 11.6. The maximum absolute atomic E-state index is 6.86. The van der Waals surface area contributed by atoms with Crippen molar-refractivity contribution in [3.63, 3.8) is 0 Å². The smallest absolute Gasteiger partial charge is 0.238 e. The van der Waals surface area contributed by atoms with Crippen molar-refractivity contribution in [3.05, 3.63) is 182 Å². The zero-order chi connectivity index (χ0) is 39.3. The lowest BCUT2D eigenvalue weighted by molar-refractivity contribution is 0.618. The Morgan fingerprint density at radius 3 is 1.65 bits per heavy atom. The minimum absolute atomic E-state index is 0.528. The summed E-state index contributed by atoms with van der Waals surface area (Å²) in [4.78, 5) is 20.6. The summed E-state index contributed by atoms with van der Waals surface area (Å²) in [5.41, 5.74) is 10.7. The van der Waals surface area contributed by atoms with E-state index < -0.39 is 0 Å². The predicted molar refractivity (Wildman–Crippen MR) is 240 cm³/mol. The van der Waals surface area contributed by atoms with Crippen molar-refractivity contribution in [1.82, 2.24) is 29.1 Å². The van der Waals surface area contributed by atoms with Crippen LogP contribution in [0, 0.1) is 0 Å². The molecule has 0 saturated carbocycles. The molecule has 0 aliphatic carbocycles. The summed E-state index contributed by atoms with van der Waals surface area (Å²) in [5.74, 6) is 2.26. The number of hydrogen-bond donors (Lipinski definition) is 0. The topological polar surface area (TPSA) is 87.7 Å². The minimum Gasteiger partial charge on any atom is -0.456 e. The number of aromatic nitrogens is 6. The van der Waals surface area contributed by atoms with Gasteiger partial charge in [-0.3, -0.25) is 4.57 Å². The molecule has 0 fully saturated rings. The van der Waals surface area contributed by atoms with E-state index in [1.54, 1.807) is 0 Å². The standard InChI is InChI=1S/C52H30N6O2/c1-3-14-31(15-4-1)49-54-50(32-16-5-2-6-17-32)56-52(55-49)58-42-23-11-8-19-35(42)38-28-27-37-34-18-7-10-22-41(34)57(46(37)47(38)58)43-24-13-21-40-48(43)60-51(53-40)33-26-29-45-39(30-33)36-20-9-12-25-44(36)59-45/h1-30H. The first-order chi connectivity index (χ1) is 29.7. The third kappa shape index (κ3) is 4.79. The van der Waals surface area contributed by atoms with Gasteiger partial charge in [0.25, 0.3) is 0 Å². The molecule has 5 aromatic heterocycles. The van der Waals surface area contributed by atoms with Gasteiger partial charge in [0.15, 0.2) is 17.2 Å². The molecule has 8 nitrogen and oxygen atoms in total. The van der Waals surface area contributed by atoms with Crippen molar-refractivity contribution >= 4 is 76.6 Å². The van der Waals surface area contributed by atoms with Gasteiger partial charge in [0.2, 0.25) is 11.8 Å². The molecule has 0 spiro atoms. The second-order valence-electron chi connectivity index (χ2n) is 15.0. The molecule has 8 heteroatoms. The molecule has 0 radical (unpaired) electrons. The SMILES string of the molecule is c1ccc(-c2nc(-c3ccccc3)nc(-n3c4ccccc4c4ccc5c6ccccc6n(-c6cccc7nc(-c8ccc9oc%10ccccc%10c9c8)oc67)c5c43)n2)cc1. The van der Waals surface area contributed by atoms with Crippen molar-refractivity contribution in [1.29, 1.82) is 0 Å². The van der Waals surface area contributed by atoms with Crippen LogP contribution in [0.4, 0.5) is 0 Å². The number of fused-ring (bicyclic) bond motifs is 11. The number of hydrogen-bond acceptors (Lipinski definition) is 6. The molecular formula is C52H30N6O2. The lowest BCUT2D eigenvalue weighted by atomic mass is 10.1. The summed E-state index contributed by atoms with van der Waals surface area (Å²) in [7, 11) is 0. The minimum atomic E-state index is 0.528. The molecule has 0 saturated heterocycles. The first-order valence-corrected chi connectivity index (χ1v) is 19.9. The zero-order valence-corrected chi connectivity index (χ0v) is 31.8. The van der Waals surface area contributed by atoms with Gasteiger partial charge in [-0.2, -0.15) is 9.97 Å². The van der Waals surface area contributed by atoms with Gasteiger partial charge < -0.3 is 13.4 Å². The molecule has 0 N–H and O–H groups in total. The van der Waals surface area contributed by atoms with Crippen molar-refractivity contribution in [2.45, 2.75) is 0 Å². The Kier molecular flexibility index (Phi) is 6.85. The van der Waals surface area contributed by atoms with Crippen LogP contribution in [0.1, 0.15) is 0 Å². The molecule has 280 valence electrons. The van der Waals surface area contributed by atoms with Crippen LogP contribution in [-0.4, -0.2) is 29.1 Å². The number of rotatable bonds is 5. The van der Waals surface area contributed by atoms with Gasteiger partial charge in [0.1, 0.15) is 16.7 Å². The molecular weight excluding hydrogens is 741 g/mol. The monoisotopic (exact) mass is 770 g/mol. The molecule has 5 heterocycles. The van der Waals surface area contributed by atoms with Crippen LogP contribution < -0.4 is 0 Å². The summed E-state index contributed by atoms with van der Waals surface area (Å²) in [6, 6.07) is 62.1. The van der Waals surface area contributed by atoms with Gasteiger partial charge in [0.05, 0.1) is 27.8 Å². The first-order valence-electron chi connectivity index (χ1n) is 19.9. The Bertz CT molecular complexity index is 3780. The van der Waals surface area contributed by atoms with E-state index in [2.05, 4.69) is 94.1 Å². The fourth-order valence-corrected chi connectivity index (χ4v) is 8.95. The van der Waals surface area contributed by atoms with Crippen LogP contribution in [0.5, 0.6) is 0 Å². The van der Waals surface area contributed by atoms with E-state index in [1.165, 1.54) is 0 Å². The molecule has 0 unspecified atom stereocenters. The fraction of sp³-hybridized carbons (Fsp3) is 0. The van der Waals surface area contributed by atoms with Crippen molar-refractivity contribution < 1.29 is 8.83 Å². The third-order valence-corrected chi connectivity index (χ3v) is 11.6. The fourth-order valence-electron chi connectivity index (χ4n) is 8.95. The van der Waals surface area contributed by atoms with E-state index in [0.717, 1.165) is 93.4 Å². The van der Waals surface area contributed by atoms with Crippen LogP contribution in [0.15, 0.2) is 191 Å². The van der Waals surface area contributed by atoms with Gasteiger partial charge >= 0.3 is 0 Å². The molecule has 0 bridgehead atoms. The maximum Gasteiger partial charge on any atom is 0.238 e. The highest BCUT2D eigenvalue weighted by Gasteiger charge is 2.25. The molecule has 0 atom stereocenters. The Morgan fingerprint density at radius 1 is 0.367 bits per heavy atom. The van der Waals surface area contributed by atoms with E-state index >= 15 is 0 Å². The number of nitrogens with zero attached hydrogens (tertiary/aromatic N) is 6. The first kappa shape index (κ1) is 32.7. The van der Waals surface area contributed by atoms with Gasteiger partial charge in [-0.1, -0.05) is 133 Å². The van der Waals surface area contributed by atoms with Crippen molar-refractivity contribution in [3.8, 4) is 45.9 Å². The summed E-state index contributed by atoms with van der Waals surface area (Å²) >= 11 is 0. The van der Waals surface area contributed by atoms with Crippen molar-refractivity contribution in [2.75, 3.05) is 0 Å². The quantitative estimate of drug-likeness (QED) is 0.173. The largest absolute Gasteiger partial charge is 0.456 e. The lowest BCUT2D eigenvalue weighted by Gasteiger charge is -2.13. The van der Waals surface area contributed by atoms with Crippen LogP contribution in [0.25, 0.3) is 123 Å². The molecule has 13 aromatic rings. The van der Waals surface area contributed by atoms with Gasteiger partial charge in [-0.15, -0.1) is 0 Å². The summed E-state index contributed by atoms with van der Waals surface area (Å²) in [5, 5.41) is 6.46. The van der Waals surface area contributed by atoms with Gasteiger partial charge in [-0.05, 0) is 48.5 Å². The van der Waals surface area contributed by atoms with Crippen molar-refractivity contribution in [2.24, 2.45) is 0 Å². The number of para-hydroxylation sites is 4. The normalized spacial score (nSPS) is 12.0. The Morgan fingerprint density at radius 2 is 0.950 bits per heavy atom. The van der Waals surface area contributed by atoms with Gasteiger partial charge in [0, 0.05) is 49.0 Å². The highest BCUT2D eigenvalue weighted by atomic mass is 16.3.